The summed E-state index contributed by atoms with van der Waals surface area (Å²) in [5.74, 6) is 1.39. The van der Waals surface area contributed by atoms with E-state index in [1.54, 1.807) is 6.08 Å². The lowest BCUT2D eigenvalue weighted by Crippen LogP contribution is -2.17. The van der Waals surface area contributed by atoms with Crippen molar-refractivity contribution in [3.63, 3.8) is 0 Å². The number of benzene rings is 2. The standard InChI is InChI=1S/C20H19NO4S2/c22-19-18(27-20(26)21-19)14-15-5-4-8-17(13-15)25-12-10-23-9-11-24-16-6-2-1-3-7-16/h1-8,13-14H,9-12H2,(H,21,22,26). The molecule has 0 radical (unpaired) electrons. The van der Waals surface area contributed by atoms with Crippen LogP contribution in [0.4, 0.5) is 0 Å². The average Bonchev–Trinajstić information content (AvgIpc) is 2.99. The van der Waals surface area contributed by atoms with Gasteiger partial charge in [0.2, 0.25) is 0 Å². The molecule has 1 heterocycles. The number of ether oxygens (including phenoxy) is 3. The van der Waals surface area contributed by atoms with Crippen molar-refractivity contribution in [2.75, 3.05) is 26.4 Å². The minimum atomic E-state index is -0.164. The van der Waals surface area contributed by atoms with Gasteiger partial charge in [0.25, 0.3) is 5.91 Å². The summed E-state index contributed by atoms with van der Waals surface area (Å²) in [5, 5.41) is 2.60. The van der Waals surface area contributed by atoms with Crippen molar-refractivity contribution >= 4 is 40.3 Å². The van der Waals surface area contributed by atoms with Gasteiger partial charge in [-0.25, -0.2) is 0 Å². The molecule has 2 aromatic rings. The summed E-state index contributed by atoms with van der Waals surface area (Å²) >= 11 is 6.25. The second-order valence-corrected chi connectivity index (χ2v) is 7.27. The summed E-state index contributed by atoms with van der Waals surface area (Å²) in [5.41, 5.74) is 0.882. The highest BCUT2D eigenvalue weighted by Gasteiger charge is 2.21. The molecule has 3 rings (SSSR count). The van der Waals surface area contributed by atoms with Gasteiger partial charge in [-0.15, -0.1) is 0 Å². The van der Waals surface area contributed by atoms with E-state index in [4.69, 9.17) is 26.4 Å². The van der Waals surface area contributed by atoms with Crippen molar-refractivity contribution in [2.45, 2.75) is 0 Å². The Bertz CT molecular complexity index is 824. The molecule has 2 aromatic carbocycles. The van der Waals surface area contributed by atoms with Crippen LogP contribution in [-0.4, -0.2) is 36.7 Å². The summed E-state index contributed by atoms with van der Waals surface area (Å²) in [6.07, 6.45) is 1.80. The molecule has 0 atom stereocenters. The van der Waals surface area contributed by atoms with Crippen molar-refractivity contribution in [3.05, 3.63) is 65.1 Å². The Balaban J connectivity index is 1.37. The van der Waals surface area contributed by atoms with Gasteiger partial charge in [0.15, 0.2) is 0 Å². The van der Waals surface area contributed by atoms with Gasteiger partial charge in [-0.2, -0.15) is 0 Å². The minimum absolute atomic E-state index is 0.164. The van der Waals surface area contributed by atoms with Crippen molar-refractivity contribution in [3.8, 4) is 11.5 Å². The molecule has 0 bridgehead atoms. The molecule has 1 N–H and O–H groups in total. The fraction of sp³-hybridized carbons (Fsp3) is 0.200. The highest BCUT2D eigenvalue weighted by Crippen LogP contribution is 2.26. The van der Waals surface area contributed by atoms with Crippen molar-refractivity contribution < 1.29 is 19.0 Å². The van der Waals surface area contributed by atoms with E-state index < -0.39 is 0 Å². The highest BCUT2D eigenvalue weighted by atomic mass is 32.2. The fourth-order valence-electron chi connectivity index (χ4n) is 2.32. The van der Waals surface area contributed by atoms with Gasteiger partial charge < -0.3 is 19.5 Å². The molecule has 7 heteroatoms. The number of hydrogen-bond acceptors (Lipinski definition) is 6. The van der Waals surface area contributed by atoms with Gasteiger partial charge in [-0.05, 0) is 35.9 Å². The smallest absolute Gasteiger partial charge is 0.263 e. The Hall–Kier alpha value is -2.35. The van der Waals surface area contributed by atoms with Crippen LogP contribution >= 0.6 is 24.0 Å². The molecule has 0 aliphatic carbocycles. The van der Waals surface area contributed by atoms with E-state index >= 15 is 0 Å². The predicted octanol–water partition coefficient (Wildman–Crippen LogP) is 3.65. The van der Waals surface area contributed by atoms with E-state index in [0.29, 0.717) is 35.7 Å². The number of thioether (sulfide) groups is 1. The van der Waals surface area contributed by atoms with E-state index in [1.807, 2.05) is 54.6 Å². The molecule has 1 aliphatic rings. The van der Waals surface area contributed by atoms with E-state index in [0.717, 1.165) is 17.1 Å². The Kier molecular flexibility index (Phi) is 7.27. The molecule has 27 heavy (non-hydrogen) atoms. The van der Waals surface area contributed by atoms with Gasteiger partial charge in [0.05, 0.1) is 18.1 Å². The first-order valence-electron chi connectivity index (χ1n) is 8.44. The zero-order valence-corrected chi connectivity index (χ0v) is 16.2. The van der Waals surface area contributed by atoms with Gasteiger partial charge in [-0.1, -0.05) is 54.3 Å². The number of rotatable bonds is 9. The summed E-state index contributed by atoms with van der Waals surface area (Å²) in [6.45, 7) is 1.89. The second-order valence-electron chi connectivity index (χ2n) is 5.55. The van der Waals surface area contributed by atoms with Crippen molar-refractivity contribution in [2.24, 2.45) is 0 Å². The van der Waals surface area contributed by atoms with Gasteiger partial charge in [-0.3, -0.25) is 4.79 Å². The normalized spacial score (nSPS) is 15.0. The molecule has 0 unspecified atom stereocenters. The molecular weight excluding hydrogens is 382 g/mol. The molecule has 5 nitrogen and oxygen atoms in total. The largest absolute Gasteiger partial charge is 0.491 e. The Morgan fingerprint density at radius 3 is 2.33 bits per heavy atom. The monoisotopic (exact) mass is 401 g/mol. The Morgan fingerprint density at radius 2 is 1.63 bits per heavy atom. The van der Waals surface area contributed by atoms with Crippen LogP contribution in [-0.2, 0) is 9.53 Å². The first-order chi connectivity index (χ1) is 13.2. The zero-order valence-electron chi connectivity index (χ0n) is 14.6. The second kappa shape index (κ2) is 10.1. The maximum atomic E-state index is 11.7. The lowest BCUT2D eigenvalue weighted by atomic mass is 10.2. The molecule has 0 aromatic heterocycles. The van der Waals surface area contributed by atoms with Crippen LogP contribution < -0.4 is 14.8 Å². The van der Waals surface area contributed by atoms with Crippen LogP contribution in [0.3, 0.4) is 0 Å². The molecule has 0 spiro atoms. The number of thiocarbonyl (C=S) groups is 1. The van der Waals surface area contributed by atoms with E-state index in [2.05, 4.69) is 5.32 Å². The van der Waals surface area contributed by atoms with Gasteiger partial charge >= 0.3 is 0 Å². The SMILES string of the molecule is O=C1NC(=S)SC1=Cc1cccc(OCCOCCOc2ccccc2)c1. The lowest BCUT2D eigenvalue weighted by Gasteiger charge is -2.09. The van der Waals surface area contributed by atoms with Crippen LogP contribution in [0.1, 0.15) is 5.56 Å². The molecule has 1 aliphatic heterocycles. The molecule has 1 saturated heterocycles. The fourth-order valence-corrected chi connectivity index (χ4v) is 3.37. The van der Waals surface area contributed by atoms with E-state index in [1.165, 1.54) is 11.8 Å². The summed E-state index contributed by atoms with van der Waals surface area (Å²) in [7, 11) is 0. The number of hydrogen-bond donors (Lipinski definition) is 1. The third kappa shape index (κ3) is 6.39. The van der Waals surface area contributed by atoms with Crippen LogP contribution in [0.2, 0.25) is 0 Å². The molecule has 1 amide bonds. The Morgan fingerprint density at radius 1 is 0.926 bits per heavy atom. The van der Waals surface area contributed by atoms with E-state index in [9.17, 15) is 4.79 Å². The van der Waals surface area contributed by atoms with Crippen LogP contribution in [0.5, 0.6) is 11.5 Å². The van der Waals surface area contributed by atoms with Crippen molar-refractivity contribution in [1.29, 1.82) is 0 Å². The van der Waals surface area contributed by atoms with Crippen LogP contribution in [0.25, 0.3) is 6.08 Å². The summed E-state index contributed by atoms with van der Waals surface area (Å²) in [4.78, 5) is 12.3. The van der Waals surface area contributed by atoms with Crippen LogP contribution in [0, 0.1) is 0 Å². The Labute approximate surface area is 167 Å². The third-order valence-corrected chi connectivity index (χ3v) is 4.70. The number of carbonyl (C=O) groups excluding carboxylic acids is 1. The molecular formula is C20H19NO4S2. The topological polar surface area (TPSA) is 56.8 Å². The van der Waals surface area contributed by atoms with Crippen molar-refractivity contribution in [1.82, 2.24) is 5.32 Å². The third-order valence-electron chi connectivity index (χ3n) is 3.53. The van der Waals surface area contributed by atoms with Gasteiger partial charge in [0.1, 0.15) is 29.0 Å². The van der Waals surface area contributed by atoms with Gasteiger partial charge in [0, 0.05) is 0 Å². The highest BCUT2D eigenvalue weighted by molar-refractivity contribution is 8.26. The number of amides is 1. The summed E-state index contributed by atoms with van der Waals surface area (Å²) in [6, 6.07) is 17.2. The predicted molar refractivity (Wildman–Crippen MR) is 111 cm³/mol. The number of nitrogens with one attached hydrogen (secondary N) is 1. The van der Waals surface area contributed by atoms with E-state index in [-0.39, 0.29) is 5.91 Å². The summed E-state index contributed by atoms with van der Waals surface area (Å²) < 4.78 is 17.2. The first-order valence-corrected chi connectivity index (χ1v) is 9.66. The molecule has 1 fully saturated rings. The first kappa shape index (κ1) is 19.4. The maximum Gasteiger partial charge on any atom is 0.263 e. The quantitative estimate of drug-likeness (QED) is 0.393. The lowest BCUT2D eigenvalue weighted by molar-refractivity contribution is -0.115. The van der Waals surface area contributed by atoms with Crippen LogP contribution in [0.15, 0.2) is 59.5 Å². The molecule has 0 saturated carbocycles. The zero-order chi connectivity index (χ0) is 18.9. The number of carbonyl (C=O) groups is 1. The maximum absolute atomic E-state index is 11.7. The molecule has 140 valence electrons. The minimum Gasteiger partial charge on any atom is -0.491 e. The average molecular weight is 402 g/mol. The number of para-hydroxylation sites is 1.